The zero-order valence-electron chi connectivity index (χ0n) is 18.7. The van der Waals surface area contributed by atoms with Gasteiger partial charge in [0.15, 0.2) is 9.84 Å². The number of anilines is 3. The molecule has 10 heteroatoms. The topological polar surface area (TPSA) is 101 Å². The summed E-state index contributed by atoms with van der Waals surface area (Å²) < 4.78 is 29.9. The summed E-state index contributed by atoms with van der Waals surface area (Å²) in [6.45, 7) is 4.36. The van der Waals surface area contributed by atoms with Crippen LogP contribution in [0.4, 0.5) is 17.5 Å². The Balaban J connectivity index is 1.25. The van der Waals surface area contributed by atoms with Crippen LogP contribution in [0, 0.1) is 6.92 Å². The van der Waals surface area contributed by atoms with Crippen LogP contribution in [0.3, 0.4) is 0 Å². The Bertz CT molecular complexity index is 1260. The van der Waals surface area contributed by atoms with Crippen LogP contribution in [0.2, 0.25) is 0 Å². The first-order valence-electron chi connectivity index (χ1n) is 11.0. The van der Waals surface area contributed by atoms with Crippen LogP contribution in [0.1, 0.15) is 24.0 Å². The van der Waals surface area contributed by atoms with Gasteiger partial charge in [0.2, 0.25) is 11.8 Å². The SMILES string of the molecule is Cc1cnc(N2CCC(Oc3cc(N4CCc5cc(S(C)(=O)=O)ccc54)ncn3)CC2)nc1. The van der Waals surface area contributed by atoms with E-state index in [1.54, 1.807) is 12.1 Å². The molecule has 172 valence electrons. The van der Waals surface area contributed by atoms with E-state index in [1.165, 1.54) is 12.6 Å². The maximum absolute atomic E-state index is 11.9. The number of hydrogen-bond donors (Lipinski definition) is 0. The van der Waals surface area contributed by atoms with Gasteiger partial charge in [-0.25, -0.2) is 28.4 Å². The van der Waals surface area contributed by atoms with Crippen molar-refractivity contribution >= 4 is 27.3 Å². The van der Waals surface area contributed by atoms with Crippen molar-refractivity contribution in [2.45, 2.75) is 37.2 Å². The molecule has 2 aromatic heterocycles. The van der Waals surface area contributed by atoms with Crippen molar-refractivity contribution in [2.24, 2.45) is 0 Å². The van der Waals surface area contributed by atoms with Gasteiger partial charge in [0.25, 0.3) is 0 Å². The molecule has 0 N–H and O–H groups in total. The third kappa shape index (κ3) is 4.61. The van der Waals surface area contributed by atoms with Crippen LogP contribution in [0.5, 0.6) is 5.88 Å². The minimum atomic E-state index is -3.23. The molecule has 5 rings (SSSR count). The molecule has 0 bridgehead atoms. The lowest BCUT2D eigenvalue weighted by atomic mass is 10.1. The van der Waals surface area contributed by atoms with E-state index >= 15 is 0 Å². The first kappa shape index (κ1) is 21.6. The number of aromatic nitrogens is 4. The zero-order valence-corrected chi connectivity index (χ0v) is 19.5. The first-order chi connectivity index (χ1) is 15.9. The van der Waals surface area contributed by atoms with Crippen LogP contribution in [-0.2, 0) is 16.3 Å². The number of rotatable bonds is 5. The second-order valence-corrected chi connectivity index (χ2v) is 10.6. The second-order valence-electron chi connectivity index (χ2n) is 8.54. The van der Waals surface area contributed by atoms with Crippen molar-refractivity contribution in [1.29, 1.82) is 0 Å². The van der Waals surface area contributed by atoms with E-state index in [9.17, 15) is 8.42 Å². The van der Waals surface area contributed by atoms with E-state index in [0.717, 1.165) is 67.5 Å². The Labute approximate surface area is 193 Å². The van der Waals surface area contributed by atoms with Crippen molar-refractivity contribution in [3.8, 4) is 5.88 Å². The van der Waals surface area contributed by atoms with E-state index in [0.29, 0.717) is 10.8 Å². The molecule has 0 amide bonds. The van der Waals surface area contributed by atoms with E-state index in [2.05, 4.69) is 29.7 Å². The number of ether oxygens (including phenoxy) is 1. The van der Waals surface area contributed by atoms with Crippen molar-refractivity contribution in [1.82, 2.24) is 19.9 Å². The van der Waals surface area contributed by atoms with Gasteiger partial charge in [-0.15, -0.1) is 0 Å². The van der Waals surface area contributed by atoms with Gasteiger partial charge < -0.3 is 14.5 Å². The lowest BCUT2D eigenvalue weighted by molar-refractivity contribution is 0.163. The van der Waals surface area contributed by atoms with Crippen LogP contribution in [0.25, 0.3) is 0 Å². The van der Waals surface area contributed by atoms with Gasteiger partial charge in [0.05, 0.1) is 4.90 Å². The number of benzene rings is 1. The molecule has 0 saturated carbocycles. The Morgan fingerprint density at radius 1 is 1.00 bits per heavy atom. The molecule has 3 aromatic rings. The fraction of sp³-hybridized carbons (Fsp3) is 0.391. The Kier molecular flexibility index (Phi) is 5.61. The molecule has 1 saturated heterocycles. The molecule has 33 heavy (non-hydrogen) atoms. The van der Waals surface area contributed by atoms with Crippen molar-refractivity contribution < 1.29 is 13.2 Å². The summed E-state index contributed by atoms with van der Waals surface area (Å²) in [7, 11) is -3.23. The fourth-order valence-electron chi connectivity index (χ4n) is 4.28. The zero-order chi connectivity index (χ0) is 23.0. The average Bonchev–Trinajstić information content (AvgIpc) is 3.23. The lowest BCUT2D eigenvalue weighted by Crippen LogP contribution is -2.39. The quantitative estimate of drug-likeness (QED) is 0.562. The normalized spacial score (nSPS) is 16.7. The molecule has 2 aliphatic heterocycles. The number of nitrogens with zero attached hydrogens (tertiary/aromatic N) is 6. The minimum Gasteiger partial charge on any atom is -0.474 e. The van der Waals surface area contributed by atoms with E-state index in [4.69, 9.17) is 4.74 Å². The van der Waals surface area contributed by atoms with Crippen LogP contribution in [0.15, 0.2) is 47.9 Å². The van der Waals surface area contributed by atoms with Crippen LogP contribution < -0.4 is 14.5 Å². The van der Waals surface area contributed by atoms with E-state index in [-0.39, 0.29) is 6.10 Å². The smallest absolute Gasteiger partial charge is 0.225 e. The molecular weight excluding hydrogens is 440 g/mol. The summed E-state index contributed by atoms with van der Waals surface area (Å²) in [6, 6.07) is 7.12. The van der Waals surface area contributed by atoms with E-state index < -0.39 is 9.84 Å². The summed E-state index contributed by atoms with van der Waals surface area (Å²) in [5.74, 6) is 2.05. The third-order valence-corrected chi connectivity index (χ3v) is 7.17. The average molecular weight is 467 g/mol. The van der Waals surface area contributed by atoms with E-state index in [1.807, 2.05) is 31.5 Å². The Morgan fingerprint density at radius 2 is 1.76 bits per heavy atom. The summed E-state index contributed by atoms with van der Waals surface area (Å²) in [6.07, 6.45) is 8.97. The maximum Gasteiger partial charge on any atom is 0.225 e. The first-order valence-corrected chi connectivity index (χ1v) is 12.9. The predicted octanol–water partition coefficient (Wildman–Crippen LogP) is 2.72. The number of fused-ring (bicyclic) bond motifs is 1. The van der Waals surface area contributed by atoms with Gasteiger partial charge in [-0.2, -0.15) is 0 Å². The highest BCUT2D eigenvalue weighted by Gasteiger charge is 2.25. The van der Waals surface area contributed by atoms with Gasteiger partial charge in [-0.3, -0.25) is 0 Å². The van der Waals surface area contributed by atoms with Crippen LogP contribution in [-0.4, -0.2) is 60.3 Å². The molecule has 0 radical (unpaired) electrons. The number of hydrogen-bond acceptors (Lipinski definition) is 9. The molecule has 1 fully saturated rings. The Hall–Kier alpha value is -3.27. The summed E-state index contributed by atoms with van der Waals surface area (Å²) >= 11 is 0. The van der Waals surface area contributed by atoms with Gasteiger partial charge in [0.1, 0.15) is 18.2 Å². The van der Waals surface area contributed by atoms with Crippen molar-refractivity contribution in [2.75, 3.05) is 35.7 Å². The second kappa shape index (κ2) is 8.58. The molecule has 1 aromatic carbocycles. The minimum absolute atomic E-state index is 0.0673. The standard InChI is InChI=1S/C23H26N6O3S/c1-16-13-24-23(25-14-16)28-8-6-18(7-9-28)32-22-12-21(26-15-27-22)29-10-5-17-11-19(33(2,30)31)3-4-20(17)29/h3-4,11-15,18H,5-10H2,1-2H3. The summed E-state index contributed by atoms with van der Waals surface area (Å²) in [5, 5.41) is 0. The highest BCUT2D eigenvalue weighted by molar-refractivity contribution is 7.90. The van der Waals surface area contributed by atoms with Crippen molar-refractivity contribution in [3.05, 3.63) is 54.1 Å². The molecule has 0 atom stereocenters. The van der Waals surface area contributed by atoms with Gasteiger partial charge in [-0.1, -0.05) is 0 Å². The number of sulfone groups is 1. The van der Waals surface area contributed by atoms with Gasteiger partial charge in [0, 0.05) is 62.9 Å². The molecule has 2 aliphatic rings. The van der Waals surface area contributed by atoms with Gasteiger partial charge >= 0.3 is 0 Å². The fourth-order valence-corrected chi connectivity index (χ4v) is 4.95. The molecule has 9 nitrogen and oxygen atoms in total. The molecule has 4 heterocycles. The lowest BCUT2D eigenvalue weighted by Gasteiger charge is -2.32. The molecule has 0 spiro atoms. The largest absolute Gasteiger partial charge is 0.474 e. The summed E-state index contributed by atoms with van der Waals surface area (Å²) in [4.78, 5) is 22.2. The number of aryl methyl sites for hydroxylation is 1. The number of piperidine rings is 1. The van der Waals surface area contributed by atoms with Gasteiger partial charge in [-0.05, 0) is 42.7 Å². The van der Waals surface area contributed by atoms with Crippen molar-refractivity contribution in [3.63, 3.8) is 0 Å². The molecule has 0 aliphatic carbocycles. The van der Waals surface area contributed by atoms with Crippen LogP contribution >= 0.6 is 0 Å². The maximum atomic E-state index is 11.9. The highest BCUT2D eigenvalue weighted by atomic mass is 32.2. The Morgan fingerprint density at radius 3 is 2.48 bits per heavy atom. The third-order valence-electron chi connectivity index (χ3n) is 6.06. The molecular formula is C23H26N6O3S. The molecule has 0 unspecified atom stereocenters. The highest BCUT2D eigenvalue weighted by Crippen LogP contribution is 2.35. The monoisotopic (exact) mass is 466 g/mol. The predicted molar refractivity (Wildman–Crippen MR) is 125 cm³/mol. The summed E-state index contributed by atoms with van der Waals surface area (Å²) in [5.41, 5.74) is 3.02.